The Labute approximate surface area is 167 Å². The molecule has 1 saturated heterocycles. The van der Waals surface area contributed by atoms with Gasteiger partial charge in [0.25, 0.3) is 0 Å². The maximum absolute atomic E-state index is 6.30. The lowest BCUT2D eigenvalue weighted by Gasteiger charge is -2.48. The number of anilines is 2. The Kier molecular flexibility index (Phi) is 4.16. The van der Waals surface area contributed by atoms with Gasteiger partial charge in [-0.1, -0.05) is 29.8 Å². The number of fused-ring (bicyclic) bond motifs is 1. The molecule has 0 amide bonds. The first-order valence-electron chi connectivity index (χ1n) is 9.30. The highest BCUT2D eigenvalue weighted by molar-refractivity contribution is 7.99. The van der Waals surface area contributed by atoms with Crippen LogP contribution in [0, 0.1) is 5.41 Å². The number of hydrogen-bond donors (Lipinski definition) is 1. The fourth-order valence-corrected chi connectivity index (χ4v) is 5.32. The molecular formula is C19H21ClN6S. The maximum Gasteiger partial charge on any atom is 0.211 e. The van der Waals surface area contributed by atoms with Crippen LogP contribution in [0.4, 0.5) is 11.8 Å². The summed E-state index contributed by atoms with van der Waals surface area (Å²) in [4.78, 5) is 17.6. The molecule has 8 heteroatoms. The van der Waals surface area contributed by atoms with E-state index in [1.54, 1.807) is 6.20 Å². The highest BCUT2D eigenvalue weighted by atomic mass is 35.5. The number of halogens is 1. The Balaban J connectivity index is 1.44. The zero-order chi connectivity index (χ0) is 18.4. The van der Waals surface area contributed by atoms with Crippen LogP contribution in [0.2, 0.25) is 5.02 Å². The zero-order valence-corrected chi connectivity index (χ0v) is 16.5. The predicted molar refractivity (Wildman–Crippen MR) is 109 cm³/mol. The number of rotatable bonds is 3. The molecule has 1 saturated carbocycles. The summed E-state index contributed by atoms with van der Waals surface area (Å²) in [7, 11) is 0. The summed E-state index contributed by atoms with van der Waals surface area (Å²) in [5.74, 6) is 1.31. The summed E-state index contributed by atoms with van der Waals surface area (Å²) in [5.41, 5.74) is 7.34. The summed E-state index contributed by atoms with van der Waals surface area (Å²) in [6, 6.07) is 1.86. The first-order chi connectivity index (χ1) is 13.2. The van der Waals surface area contributed by atoms with E-state index in [4.69, 9.17) is 22.3 Å². The molecule has 3 aromatic heterocycles. The molecule has 1 aliphatic heterocycles. The average Bonchev–Trinajstić information content (AvgIpc) is 3.15. The second-order valence-electron chi connectivity index (χ2n) is 7.49. The van der Waals surface area contributed by atoms with Crippen LogP contribution in [-0.4, -0.2) is 32.4 Å². The van der Waals surface area contributed by atoms with Crippen LogP contribution in [0.15, 0.2) is 40.6 Å². The Hall–Kier alpha value is -1.99. The highest BCUT2D eigenvalue weighted by Gasteiger charge is 2.40. The van der Waals surface area contributed by atoms with Gasteiger partial charge in [0.05, 0.1) is 9.92 Å². The average molecular weight is 401 g/mol. The first-order valence-corrected chi connectivity index (χ1v) is 10.5. The Morgan fingerprint density at radius 1 is 1.04 bits per heavy atom. The van der Waals surface area contributed by atoms with Gasteiger partial charge in [0.2, 0.25) is 5.95 Å². The van der Waals surface area contributed by atoms with Gasteiger partial charge in [-0.15, -0.1) is 0 Å². The largest absolute Gasteiger partial charge is 0.382 e. The number of nitrogens with two attached hydrogens (primary N) is 1. The molecule has 4 heterocycles. The minimum absolute atomic E-state index is 0.337. The molecule has 2 N–H and O–H groups in total. The van der Waals surface area contributed by atoms with Crippen LogP contribution in [-0.2, 0) is 0 Å². The van der Waals surface area contributed by atoms with Crippen molar-refractivity contribution in [3.8, 4) is 0 Å². The van der Waals surface area contributed by atoms with Gasteiger partial charge in [-0.25, -0.2) is 15.0 Å². The minimum atomic E-state index is 0.337. The van der Waals surface area contributed by atoms with Crippen LogP contribution < -0.4 is 10.6 Å². The van der Waals surface area contributed by atoms with Gasteiger partial charge in [0.15, 0.2) is 5.65 Å². The number of imidazole rings is 1. The van der Waals surface area contributed by atoms with E-state index in [1.165, 1.54) is 43.9 Å². The Morgan fingerprint density at radius 3 is 2.59 bits per heavy atom. The molecule has 5 rings (SSSR count). The van der Waals surface area contributed by atoms with E-state index < -0.39 is 0 Å². The van der Waals surface area contributed by atoms with Gasteiger partial charge < -0.3 is 10.6 Å². The molecule has 27 heavy (non-hydrogen) atoms. The standard InChI is InChI=1S/C19H21ClN6S/c20-15-13(2-7-22-16(15)21)27-14-12-24-18(26-11-8-23-17(14)26)25-9-5-19(6-10-25)3-1-4-19/h2,7-8,11-12H,1,3-6,9-10H2,(H2,21,22). The molecule has 2 fully saturated rings. The summed E-state index contributed by atoms with van der Waals surface area (Å²) in [6.07, 6.45) is 14.1. The van der Waals surface area contributed by atoms with Crippen LogP contribution in [0.3, 0.4) is 0 Å². The van der Waals surface area contributed by atoms with Crippen molar-refractivity contribution in [2.45, 2.75) is 41.9 Å². The smallest absolute Gasteiger partial charge is 0.211 e. The summed E-state index contributed by atoms with van der Waals surface area (Å²) in [6.45, 7) is 2.14. The molecule has 0 bridgehead atoms. The molecule has 140 valence electrons. The van der Waals surface area contributed by atoms with E-state index in [0.29, 0.717) is 16.3 Å². The highest BCUT2D eigenvalue weighted by Crippen LogP contribution is 2.49. The van der Waals surface area contributed by atoms with Gasteiger partial charge in [-0.05, 0) is 37.2 Å². The fourth-order valence-electron chi connectivity index (χ4n) is 4.19. The molecule has 0 radical (unpaired) electrons. The maximum atomic E-state index is 6.30. The summed E-state index contributed by atoms with van der Waals surface area (Å²) >= 11 is 7.82. The molecule has 1 spiro atoms. The van der Waals surface area contributed by atoms with Gasteiger partial charge in [0, 0.05) is 42.8 Å². The van der Waals surface area contributed by atoms with E-state index in [2.05, 4.69) is 19.3 Å². The van der Waals surface area contributed by atoms with Crippen LogP contribution >= 0.6 is 23.4 Å². The fraction of sp³-hybridized carbons (Fsp3) is 0.421. The van der Waals surface area contributed by atoms with E-state index in [9.17, 15) is 0 Å². The number of hydrogen-bond acceptors (Lipinski definition) is 6. The van der Waals surface area contributed by atoms with Crippen molar-refractivity contribution >= 4 is 40.8 Å². The topological polar surface area (TPSA) is 72.3 Å². The summed E-state index contributed by atoms with van der Waals surface area (Å²) in [5, 5.41) is 0.470. The molecule has 0 aromatic carbocycles. The van der Waals surface area contributed by atoms with E-state index in [-0.39, 0.29) is 0 Å². The second kappa shape index (κ2) is 6.56. The second-order valence-corrected chi connectivity index (χ2v) is 8.96. The quantitative estimate of drug-likeness (QED) is 0.707. The van der Waals surface area contributed by atoms with Crippen molar-refractivity contribution < 1.29 is 0 Å². The van der Waals surface area contributed by atoms with Crippen molar-refractivity contribution in [2.24, 2.45) is 5.41 Å². The zero-order valence-electron chi connectivity index (χ0n) is 14.9. The third-order valence-corrected chi connectivity index (χ3v) is 7.57. The van der Waals surface area contributed by atoms with Crippen LogP contribution in [0.5, 0.6) is 0 Å². The molecule has 0 unspecified atom stereocenters. The number of nitrogens with zero attached hydrogens (tertiary/aromatic N) is 5. The molecule has 1 aliphatic carbocycles. The molecule has 2 aliphatic rings. The number of aromatic nitrogens is 4. The van der Waals surface area contributed by atoms with Crippen molar-refractivity contribution in [1.29, 1.82) is 0 Å². The number of pyridine rings is 1. The van der Waals surface area contributed by atoms with Gasteiger partial charge in [0.1, 0.15) is 5.82 Å². The van der Waals surface area contributed by atoms with Gasteiger partial charge in [-0.2, -0.15) is 0 Å². The molecule has 6 nitrogen and oxygen atoms in total. The molecule has 3 aromatic rings. The third-order valence-electron chi connectivity index (χ3n) is 6.00. The molecule has 0 atom stereocenters. The van der Waals surface area contributed by atoms with E-state index in [0.717, 1.165) is 34.5 Å². The number of nitrogen functional groups attached to an aromatic ring is 1. The lowest BCUT2D eigenvalue weighted by molar-refractivity contribution is 0.0950. The van der Waals surface area contributed by atoms with Crippen molar-refractivity contribution in [2.75, 3.05) is 23.7 Å². The van der Waals surface area contributed by atoms with Crippen LogP contribution in [0.1, 0.15) is 32.1 Å². The van der Waals surface area contributed by atoms with Crippen molar-refractivity contribution in [3.05, 3.63) is 35.9 Å². The van der Waals surface area contributed by atoms with Gasteiger partial charge in [-0.3, -0.25) is 4.40 Å². The number of piperidine rings is 1. The third kappa shape index (κ3) is 2.93. The first kappa shape index (κ1) is 17.1. The Morgan fingerprint density at radius 2 is 1.85 bits per heavy atom. The lowest BCUT2D eigenvalue weighted by atomic mass is 9.63. The van der Waals surface area contributed by atoms with Crippen molar-refractivity contribution in [1.82, 2.24) is 19.4 Å². The predicted octanol–water partition coefficient (Wildman–Crippen LogP) is 4.28. The van der Waals surface area contributed by atoms with Gasteiger partial charge >= 0.3 is 0 Å². The normalized spacial score (nSPS) is 18.8. The summed E-state index contributed by atoms with van der Waals surface area (Å²) < 4.78 is 2.08. The van der Waals surface area contributed by atoms with E-state index >= 15 is 0 Å². The van der Waals surface area contributed by atoms with E-state index in [1.807, 2.05) is 24.7 Å². The monoisotopic (exact) mass is 400 g/mol. The van der Waals surface area contributed by atoms with Crippen LogP contribution in [0.25, 0.3) is 5.65 Å². The lowest BCUT2D eigenvalue weighted by Crippen LogP contribution is -2.44. The SMILES string of the molecule is Nc1nccc(Sc2cnc(N3CCC4(CCC4)CC3)n3ccnc23)c1Cl. The Bertz CT molecular complexity index is 989. The van der Waals surface area contributed by atoms with Crippen molar-refractivity contribution in [3.63, 3.8) is 0 Å². The minimum Gasteiger partial charge on any atom is -0.382 e. The molecular weight excluding hydrogens is 380 g/mol.